The van der Waals surface area contributed by atoms with Crippen LogP contribution < -0.4 is 10.9 Å². The molecule has 2 aromatic carbocycles. The summed E-state index contributed by atoms with van der Waals surface area (Å²) >= 11 is 7.34. The molecule has 2 aromatic heterocycles. The molecule has 0 atom stereocenters. The van der Waals surface area contributed by atoms with Gasteiger partial charge in [0, 0.05) is 39.6 Å². The lowest BCUT2D eigenvalue weighted by atomic mass is 10.2. The molecule has 6 nitrogen and oxygen atoms in total. The summed E-state index contributed by atoms with van der Waals surface area (Å²) in [5, 5.41) is 8.54. The van der Waals surface area contributed by atoms with Gasteiger partial charge in [-0.05, 0) is 66.7 Å². The Bertz CT molecular complexity index is 1230. The van der Waals surface area contributed by atoms with E-state index < -0.39 is 0 Å². The quantitative estimate of drug-likeness (QED) is 0.493. The van der Waals surface area contributed by atoms with E-state index in [0.717, 1.165) is 4.90 Å². The number of hydrogen-bond donors (Lipinski definition) is 1. The highest BCUT2D eigenvalue weighted by Gasteiger charge is 2.09. The van der Waals surface area contributed by atoms with Crippen molar-refractivity contribution in [2.24, 2.45) is 0 Å². The topological polar surface area (TPSA) is 76.9 Å². The van der Waals surface area contributed by atoms with E-state index in [2.05, 4.69) is 15.4 Å². The third-order valence-electron chi connectivity index (χ3n) is 4.12. The highest BCUT2D eigenvalue weighted by Crippen LogP contribution is 2.26. The maximum Gasteiger partial charge on any atom is 0.271 e. The SMILES string of the molecule is O=C(Nc1ccncc1)c1ccc(-n2nc(Sc3ccc(Cl)cc3)ccc2=O)cc1. The van der Waals surface area contributed by atoms with Crippen LogP contribution in [0.25, 0.3) is 5.69 Å². The van der Waals surface area contributed by atoms with Gasteiger partial charge in [-0.3, -0.25) is 14.6 Å². The molecule has 0 aliphatic carbocycles. The first-order valence-electron chi connectivity index (χ1n) is 8.94. The summed E-state index contributed by atoms with van der Waals surface area (Å²) in [6.45, 7) is 0. The Kier molecular flexibility index (Phi) is 5.92. The summed E-state index contributed by atoms with van der Waals surface area (Å²) in [7, 11) is 0. The van der Waals surface area contributed by atoms with E-state index in [1.54, 1.807) is 67.0 Å². The maximum absolute atomic E-state index is 12.4. The van der Waals surface area contributed by atoms with Gasteiger partial charge in [-0.1, -0.05) is 23.4 Å². The number of amides is 1. The smallest absolute Gasteiger partial charge is 0.271 e. The molecule has 0 aliphatic heterocycles. The molecule has 0 fully saturated rings. The zero-order chi connectivity index (χ0) is 20.9. The molecule has 0 bridgehead atoms. The number of aromatic nitrogens is 3. The van der Waals surface area contributed by atoms with Gasteiger partial charge in [-0.2, -0.15) is 9.78 Å². The Morgan fingerprint density at radius 3 is 2.30 bits per heavy atom. The van der Waals surface area contributed by atoms with Crippen molar-refractivity contribution in [3.8, 4) is 5.69 Å². The lowest BCUT2D eigenvalue weighted by Gasteiger charge is -2.08. The molecule has 0 aliphatic rings. The lowest BCUT2D eigenvalue weighted by molar-refractivity contribution is 0.102. The number of pyridine rings is 1. The van der Waals surface area contributed by atoms with Crippen molar-refractivity contribution in [2.75, 3.05) is 5.32 Å². The van der Waals surface area contributed by atoms with Gasteiger partial charge < -0.3 is 5.32 Å². The van der Waals surface area contributed by atoms with Crippen LogP contribution >= 0.6 is 23.4 Å². The second-order valence-corrected chi connectivity index (χ2v) is 7.74. The molecule has 8 heteroatoms. The first kappa shape index (κ1) is 19.9. The third kappa shape index (κ3) is 4.76. The standard InChI is InChI=1S/C22H15ClN4O2S/c23-16-3-7-19(8-4-16)30-20-9-10-21(28)27(26-20)18-5-1-15(2-6-18)22(29)25-17-11-13-24-14-12-17/h1-14H,(H,24,25,29). The minimum absolute atomic E-state index is 0.250. The highest BCUT2D eigenvalue weighted by atomic mass is 35.5. The van der Waals surface area contributed by atoms with Crippen LogP contribution in [0.4, 0.5) is 5.69 Å². The summed E-state index contributed by atoms with van der Waals surface area (Å²) in [6.07, 6.45) is 3.21. The molecule has 1 amide bonds. The van der Waals surface area contributed by atoms with Crippen LogP contribution in [0.5, 0.6) is 0 Å². The number of hydrogen-bond acceptors (Lipinski definition) is 5. The largest absolute Gasteiger partial charge is 0.322 e. The van der Waals surface area contributed by atoms with Crippen LogP contribution in [-0.4, -0.2) is 20.7 Å². The number of nitrogens with one attached hydrogen (secondary N) is 1. The molecule has 148 valence electrons. The fourth-order valence-electron chi connectivity index (χ4n) is 2.65. The van der Waals surface area contributed by atoms with Gasteiger partial charge in [0.15, 0.2) is 0 Å². The van der Waals surface area contributed by atoms with Gasteiger partial charge in [0.1, 0.15) is 5.03 Å². The second-order valence-electron chi connectivity index (χ2n) is 6.21. The van der Waals surface area contributed by atoms with E-state index in [4.69, 9.17) is 11.6 Å². The molecule has 0 saturated heterocycles. The molecular formula is C22H15ClN4O2S. The minimum Gasteiger partial charge on any atom is -0.322 e. The predicted octanol–water partition coefficient (Wildman–Crippen LogP) is 4.68. The van der Waals surface area contributed by atoms with E-state index in [0.29, 0.717) is 27.0 Å². The molecule has 30 heavy (non-hydrogen) atoms. The highest BCUT2D eigenvalue weighted by molar-refractivity contribution is 7.99. The van der Waals surface area contributed by atoms with Gasteiger partial charge in [-0.25, -0.2) is 0 Å². The number of carbonyl (C=O) groups excluding carboxylic acids is 1. The molecule has 0 unspecified atom stereocenters. The zero-order valence-electron chi connectivity index (χ0n) is 15.5. The van der Waals surface area contributed by atoms with Gasteiger partial charge in [0.05, 0.1) is 5.69 Å². The Morgan fingerprint density at radius 2 is 1.60 bits per heavy atom. The van der Waals surface area contributed by atoms with Crippen molar-refractivity contribution >= 4 is 35.0 Å². The van der Waals surface area contributed by atoms with Gasteiger partial charge in [0.2, 0.25) is 0 Å². The van der Waals surface area contributed by atoms with Crippen molar-refractivity contribution < 1.29 is 4.79 Å². The van der Waals surface area contributed by atoms with Crippen LogP contribution in [0.3, 0.4) is 0 Å². The number of rotatable bonds is 5. The predicted molar refractivity (Wildman–Crippen MR) is 118 cm³/mol. The number of nitrogens with zero attached hydrogens (tertiary/aromatic N) is 3. The normalized spacial score (nSPS) is 10.6. The van der Waals surface area contributed by atoms with Crippen molar-refractivity contribution in [1.82, 2.24) is 14.8 Å². The fourth-order valence-corrected chi connectivity index (χ4v) is 3.55. The number of carbonyl (C=O) groups is 1. The van der Waals surface area contributed by atoms with Crippen LogP contribution in [0.1, 0.15) is 10.4 Å². The van der Waals surface area contributed by atoms with Crippen molar-refractivity contribution in [1.29, 1.82) is 0 Å². The van der Waals surface area contributed by atoms with E-state index in [1.807, 2.05) is 12.1 Å². The molecular weight excluding hydrogens is 420 g/mol. The summed E-state index contributed by atoms with van der Waals surface area (Å²) in [5.74, 6) is -0.250. The maximum atomic E-state index is 12.4. The van der Waals surface area contributed by atoms with E-state index >= 15 is 0 Å². The molecule has 0 radical (unpaired) electrons. The molecule has 0 saturated carbocycles. The Labute approximate surface area is 181 Å². The third-order valence-corrected chi connectivity index (χ3v) is 5.31. The van der Waals surface area contributed by atoms with E-state index in [-0.39, 0.29) is 11.5 Å². The summed E-state index contributed by atoms with van der Waals surface area (Å²) in [6, 6.07) is 20.6. The fraction of sp³-hybridized carbons (Fsp3) is 0. The van der Waals surface area contributed by atoms with Crippen LogP contribution in [0.15, 0.2) is 99.9 Å². The molecule has 2 heterocycles. The number of anilines is 1. The molecule has 4 rings (SSSR count). The second kappa shape index (κ2) is 8.94. The van der Waals surface area contributed by atoms with Crippen molar-refractivity contribution in [3.63, 3.8) is 0 Å². The molecule has 1 N–H and O–H groups in total. The Morgan fingerprint density at radius 1 is 0.900 bits per heavy atom. The molecule has 0 spiro atoms. The van der Waals surface area contributed by atoms with Crippen LogP contribution in [-0.2, 0) is 0 Å². The Hall–Kier alpha value is -3.42. The summed E-state index contributed by atoms with van der Waals surface area (Å²) in [4.78, 5) is 29.6. The zero-order valence-corrected chi connectivity index (χ0v) is 17.1. The van der Waals surface area contributed by atoms with Crippen molar-refractivity contribution in [2.45, 2.75) is 9.92 Å². The van der Waals surface area contributed by atoms with Gasteiger partial charge >= 0.3 is 0 Å². The minimum atomic E-state index is -0.260. The first-order chi connectivity index (χ1) is 14.6. The number of benzene rings is 2. The summed E-state index contributed by atoms with van der Waals surface area (Å²) in [5.41, 5.74) is 1.43. The van der Waals surface area contributed by atoms with Crippen LogP contribution in [0, 0.1) is 0 Å². The lowest BCUT2D eigenvalue weighted by Crippen LogP contribution is -2.20. The molecule has 4 aromatic rings. The van der Waals surface area contributed by atoms with Crippen LogP contribution in [0.2, 0.25) is 5.02 Å². The van der Waals surface area contributed by atoms with Gasteiger partial charge in [-0.15, -0.1) is 0 Å². The Balaban J connectivity index is 1.54. The van der Waals surface area contributed by atoms with E-state index in [1.165, 1.54) is 22.5 Å². The van der Waals surface area contributed by atoms with Gasteiger partial charge in [0.25, 0.3) is 11.5 Å². The average molecular weight is 435 g/mol. The summed E-state index contributed by atoms with van der Waals surface area (Å²) < 4.78 is 1.31. The first-order valence-corrected chi connectivity index (χ1v) is 10.1. The van der Waals surface area contributed by atoms with E-state index in [9.17, 15) is 9.59 Å². The number of halogens is 1. The van der Waals surface area contributed by atoms with Crippen molar-refractivity contribution in [3.05, 3.63) is 106 Å². The average Bonchev–Trinajstić information content (AvgIpc) is 2.77. The monoisotopic (exact) mass is 434 g/mol.